The van der Waals surface area contributed by atoms with Crippen LogP contribution in [0.15, 0.2) is 24.3 Å². The lowest BCUT2D eigenvalue weighted by atomic mass is 10.1. The molecule has 0 N–H and O–H groups in total. The summed E-state index contributed by atoms with van der Waals surface area (Å²) in [5.74, 6) is -1.93. The van der Waals surface area contributed by atoms with Crippen LogP contribution in [0.1, 0.15) is 47.6 Å². The number of hydrogen-bond acceptors (Lipinski definition) is 5. The SMILES string of the molecule is Cc1nc2nc(C(F)(F)F)nn2c(C)c1CCC(=O)N(Cc1cccc(F)c1)CC1CCCO1. The summed E-state index contributed by atoms with van der Waals surface area (Å²) in [7, 11) is 0. The van der Waals surface area contributed by atoms with Gasteiger partial charge in [-0.2, -0.15) is 18.2 Å². The van der Waals surface area contributed by atoms with Crippen LogP contribution in [0.4, 0.5) is 17.6 Å². The number of carbonyl (C=O) groups is 1. The number of ether oxygens (including phenoxy) is 1. The number of hydrogen-bond donors (Lipinski definition) is 0. The fraction of sp³-hybridized carbons (Fsp3) is 0.478. The van der Waals surface area contributed by atoms with Crippen molar-refractivity contribution in [2.75, 3.05) is 13.2 Å². The molecule has 1 fully saturated rings. The molecular formula is C23H25F4N5O2. The van der Waals surface area contributed by atoms with Crippen LogP contribution in [0.25, 0.3) is 5.78 Å². The Bertz CT molecular complexity index is 1190. The van der Waals surface area contributed by atoms with E-state index in [2.05, 4.69) is 15.1 Å². The average Bonchev–Trinajstić information content (AvgIpc) is 3.42. The van der Waals surface area contributed by atoms with Crippen LogP contribution < -0.4 is 0 Å². The molecule has 3 aromatic rings. The van der Waals surface area contributed by atoms with Gasteiger partial charge in [-0.15, -0.1) is 5.10 Å². The zero-order chi connectivity index (χ0) is 24.5. The zero-order valence-corrected chi connectivity index (χ0v) is 18.9. The number of alkyl halides is 3. The number of aryl methyl sites for hydroxylation is 2. The Hall–Kier alpha value is -3.08. The molecule has 34 heavy (non-hydrogen) atoms. The lowest BCUT2D eigenvalue weighted by Gasteiger charge is -2.26. The van der Waals surface area contributed by atoms with E-state index in [0.717, 1.165) is 17.4 Å². The van der Waals surface area contributed by atoms with E-state index in [9.17, 15) is 22.4 Å². The molecule has 1 aliphatic heterocycles. The molecule has 3 heterocycles. The Balaban J connectivity index is 1.53. The first-order valence-corrected chi connectivity index (χ1v) is 11.1. The highest BCUT2D eigenvalue weighted by atomic mass is 19.4. The number of amides is 1. The predicted molar refractivity (Wildman–Crippen MR) is 114 cm³/mol. The van der Waals surface area contributed by atoms with Crippen LogP contribution in [0.3, 0.4) is 0 Å². The highest BCUT2D eigenvalue weighted by molar-refractivity contribution is 5.76. The third-order valence-corrected chi connectivity index (χ3v) is 5.95. The van der Waals surface area contributed by atoms with Gasteiger partial charge in [-0.3, -0.25) is 4.79 Å². The van der Waals surface area contributed by atoms with E-state index in [1.54, 1.807) is 30.9 Å². The van der Waals surface area contributed by atoms with Gasteiger partial charge in [-0.05, 0) is 56.4 Å². The Labute approximate surface area is 193 Å². The molecule has 0 spiro atoms. The van der Waals surface area contributed by atoms with Gasteiger partial charge in [0.2, 0.25) is 5.91 Å². The summed E-state index contributed by atoms with van der Waals surface area (Å²) in [6.07, 6.45) is -2.60. The molecule has 0 aliphatic carbocycles. The fourth-order valence-electron chi connectivity index (χ4n) is 4.22. The molecule has 11 heteroatoms. The monoisotopic (exact) mass is 479 g/mol. The first-order valence-electron chi connectivity index (χ1n) is 11.1. The number of aromatic nitrogens is 4. The Kier molecular flexibility index (Phi) is 6.83. The van der Waals surface area contributed by atoms with Crippen molar-refractivity contribution in [1.82, 2.24) is 24.5 Å². The maximum absolute atomic E-state index is 13.7. The Morgan fingerprint density at radius 1 is 1.26 bits per heavy atom. The standard InChI is InChI=1S/C23H25F4N5O2/c1-14-19(15(2)32-22(28-14)29-21(30-32)23(25,26)27)8-9-20(33)31(13-18-7-4-10-34-18)12-16-5-3-6-17(24)11-16/h3,5-6,11,18H,4,7-10,12-13H2,1-2H3. The summed E-state index contributed by atoms with van der Waals surface area (Å²) in [6, 6.07) is 6.10. The van der Waals surface area contributed by atoms with Crippen molar-refractivity contribution >= 4 is 11.7 Å². The van der Waals surface area contributed by atoms with Gasteiger partial charge in [0.25, 0.3) is 11.6 Å². The molecule has 0 saturated carbocycles. The van der Waals surface area contributed by atoms with Gasteiger partial charge in [0, 0.05) is 37.5 Å². The molecule has 1 aliphatic rings. The summed E-state index contributed by atoms with van der Waals surface area (Å²) in [6.45, 7) is 4.58. The summed E-state index contributed by atoms with van der Waals surface area (Å²) in [5, 5.41) is 3.55. The minimum absolute atomic E-state index is 0.0741. The van der Waals surface area contributed by atoms with Gasteiger partial charge in [0.1, 0.15) is 5.82 Å². The molecule has 0 bridgehead atoms. The van der Waals surface area contributed by atoms with E-state index in [0.29, 0.717) is 35.7 Å². The molecule has 182 valence electrons. The zero-order valence-electron chi connectivity index (χ0n) is 18.9. The molecule has 1 saturated heterocycles. The Morgan fingerprint density at radius 2 is 2.06 bits per heavy atom. The summed E-state index contributed by atoms with van der Waals surface area (Å²) < 4.78 is 59.5. The van der Waals surface area contributed by atoms with E-state index >= 15 is 0 Å². The summed E-state index contributed by atoms with van der Waals surface area (Å²) in [5.41, 5.74) is 2.26. The molecule has 1 aromatic carbocycles. The first-order chi connectivity index (χ1) is 16.1. The molecular weight excluding hydrogens is 454 g/mol. The van der Waals surface area contributed by atoms with Gasteiger partial charge in [-0.1, -0.05) is 12.1 Å². The van der Waals surface area contributed by atoms with Crippen LogP contribution in [0, 0.1) is 19.7 Å². The van der Waals surface area contributed by atoms with E-state index in [1.165, 1.54) is 12.1 Å². The second kappa shape index (κ2) is 9.65. The molecule has 1 atom stereocenters. The third kappa shape index (κ3) is 5.35. The Morgan fingerprint density at radius 3 is 2.74 bits per heavy atom. The molecule has 4 rings (SSSR count). The number of fused-ring (bicyclic) bond motifs is 1. The molecule has 0 radical (unpaired) electrons. The van der Waals surface area contributed by atoms with Crippen LogP contribution >= 0.6 is 0 Å². The van der Waals surface area contributed by atoms with Crippen molar-refractivity contribution < 1.29 is 27.1 Å². The maximum atomic E-state index is 13.7. The van der Waals surface area contributed by atoms with E-state index in [4.69, 9.17) is 4.74 Å². The lowest BCUT2D eigenvalue weighted by molar-refractivity contribution is -0.144. The maximum Gasteiger partial charge on any atom is 0.453 e. The minimum atomic E-state index is -4.68. The minimum Gasteiger partial charge on any atom is -0.376 e. The highest BCUT2D eigenvalue weighted by Gasteiger charge is 2.37. The number of halogens is 4. The van der Waals surface area contributed by atoms with Crippen LogP contribution in [0.5, 0.6) is 0 Å². The molecule has 1 amide bonds. The second-order valence-electron chi connectivity index (χ2n) is 8.45. The first kappa shape index (κ1) is 24.1. The van der Waals surface area contributed by atoms with Crippen LogP contribution in [0.2, 0.25) is 0 Å². The smallest absolute Gasteiger partial charge is 0.376 e. The number of rotatable bonds is 7. The van der Waals surface area contributed by atoms with Gasteiger partial charge >= 0.3 is 6.18 Å². The van der Waals surface area contributed by atoms with E-state index < -0.39 is 12.0 Å². The van der Waals surface area contributed by atoms with E-state index in [-0.39, 0.29) is 43.0 Å². The van der Waals surface area contributed by atoms with Crippen molar-refractivity contribution in [3.05, 3.63) is 58.4 Å². The fourth-order valence-corrected chi connectivity index (χ4v) is 4.22. The van der Waals surface area contributed by atoms with Gasteiger partial charge in [0.15, 0.2) is 0 Å². The van der Waals surface area contributed by atoms with Crippen molar-refractivity contribution in [3.63, 3.8) is 0 Å². The third-order valence-electron chi connectivity index (χ3n) is 5.95. The number of nitrogens with zero attached hydrogens (tertiary/aromatic N) is 5. The normalized spacial score (nSPS) is 16.4. The molecule has 2 aromatic heterocycles. The van der Waals surface area contributed by atoms with Crippen LogP contribution in [-0.2, 0) is 28.7 Å². The quantitative estimate of drug-likeness (QED) is 0.479. The summed E-state index contributed by atoms with van der Waals surface area (Å²) in [4.78, 5) is 22.5. The second-order valence-corrected chi connectivity index (χ2v) is 8.45. The topological polar surface area (TPSA) is 72.6 Å². The number of carbonyl (C=O) groups excluding carboxylic acids is 1. The lowest BCUT2D eigenvalue weighted by Crippen LogP contribution is -2.37. The molecule has 1 unspecified atom stereocenters. The molecule has 7 nitrogen and oxygen atoms in total. The van der Waals surface area contributed by atoms with Gasteiger partial charge in [0.05, 0.1) is 6.10 Å². The highest BCUT2D eigenvalue weighted by Crippen LogP contribution is 2.27. The predicted octanol–water partition coefficient (Wildman–Crippen LogP) is 4.04. The van der Waals surface area contributed by atoms with Gasteiger partial charge < -0.3 is 9.64 Å². The van der Waals surface area contributed by atoms with Crippen LogP contribution in [-0.4, -0.2) is 49.6 Å². The van der Waals surface area contributed by atoms with Crippen molar-refractivity contribution in [2.45, 2.75) is 58.4 Å². The van der Waals surface area contributed by atoms with Crippen molar-refractivity contribution in [2.24, 2.45) is 0 Å². The van der Waals surface area contributed by atoms with E-state index in [1.807, 2.05) is 0 Å². The average molecular weight is 479 g/mol. The van der Waals surface area contributed by atoms with Gasteiger partial charge in [-0.25, -0.2) is 13.9 Å². The van der Waals surface area contributed by atoms with Crippen molar-refractivity contribution in [3.8, 4) is 0 Å². The number of benzene rings is 1. The summed E-state index contributed by atoms with van der Waals surface area (Å²) >= 11 is 0. The van der Waals surface area contributed by atoms with Crippen molar-refractivity contribution in [1.29, 1.82) is 0 Å². The largest absolute Gasteiger partial charge is 0.453 e.